The first kappa shape index (κ1) is 17.5. The summed E-state index contributed by atoms with van der Waals surface area (Å²) in [4.78, 5) is 31.1. The second-order valence-electron chi connectivity index (χ2n) is 6.36. The molecule has 0 spiro atoms. The van der Waals surface area contributed by atoms with Crippen LogP contribution in [0.2, 0.25) is 0 Å². The molecule has 0 bridgehead atoms. The zero-order valence-electron chi connectivity index (χ0n) is 14.9. The second-order valence-corrected chi connectivity index (χ2v) is 7.23. The van der Waals surface area contributed by atoms with E-state index in [2.05, 4.69) is 4.98 Å². The quantitative estimate of drug-likeness (QED) is 0.402. The Morgan fingerprint density at radius 2 is 2.00 bits per heavy atom. The van der Waals surface area contributed by atoms with Crippen LogP contribution >= 0.6 is 11.3 Å². The zero-order chi connectivity index (χ0) is 20.0. The third-order valence-electron chi connectivity index (χ3n) is 4.70. The number of carbonyl (C=O) groups excluding carboxylic acids is 2. The Morgan fingerprint density at radius 3 is 2.72 bits per heavy atom. The number of anilines is 1. The number of nitrogens with zero attached hydrogens (tertiary/aromatic N) is 2. The van der Waals surface area contributed by atoms with E-state index >= 15 is 0 Å². The van der Waals surface area contributed by atoms with Gasteiger partial charge in [0.05, 0.1) is 11.8 Å². The van der Waals surface area contributed by atoms with E-state index in [1.165, 1.54) is 22.5 Å². The third kappa shape index (κ3) is 2.78. The van der Waals surface area contributed by atoms with Gasteiger partial charge in [-0.1, -0.05) is 0 Å². The zero-order valence-corrected chi connectivity index (χ0v) is 15.7. The number of ketones is 1. The number of benzene rings is 1. The number of carbonyl (C=O) groups is 2. The molecule has 8 nitrogen and oxygen atoms in total. The monoisotopic (exact) mass is 410 g/mol. The molecule has 0 aliphatic carbocycles. The van der Waals surface area contributed by atoms with Gasteiger partial charge in [-0.2, -0.15) is 0 Å². The number of hydrogen-bond donors (Lipinski definition) is 1. The maximum Gasteiger partial charge on any atom is 0.302 e. The van der Waals surface area contributed by atoms with Crippen LogP contribution in [0.5, 0.6) is 11.5 Å². The van der Waals surface area contributed by atoms with Crippen LogP contribution in [-0.4, -0.2) is 35.0 Å². The highest BCUT2D eigenvalue weighted by molar-refractivity contribution is 7.14. The van der Waals surface area contributed by atoms with E-state index in [-0.39, 0.29) is 11.3 Å². The van der Waals surface area contributed by atoms with Gasteiger partial charge in [-0.05, 0) is 30.3 Å². The molecule has 3 aromatic rings. The lowest BCUT2D eigenvalue weighted by molar-refractivity contribution is -0.132. The molecule has 1 N–H and O–H groups in total. The average molecular weight is 410 g/mol. The molecular formula is C20H14N2O6S. The maximum absolute atomic E-state index is 12.9. The summed E-state index contributed by atoms with van der Waals surface area (Å²) in [5, 5.41) is 13.1. The van der Waals surface area contributed by atoms with E-state index in [4.69, 9.17) is 13.9 Å². The van der Waals surface area contributed by atoms with Crippen molar-refractivity contribution in [2.45, 2.75) is 6.04 Å². The molecule has 1 saturated heterocycles. The number of aliphatic hydroxyl groups is 1. The van der Waals surface area contributed by atoms with Crippen LogP contribution in [0.3, 0.4) is 0 Å². The number of amides is 1. The molecule has 1 atom stereocenters. The van der Waals surface area contributed by atoms with E-state index in [0.29, 0.717) is 41.2 Å². The van der Waals surface area contributed by atoms with E-state index in [1.54, 1.807) is 41.9 Å². The number of hydrogen-bond acceptors (Lipinski definition) is 8. The van der Waals surface area contributed by atoms with Crippen molar-refractivity contribution in [3.8, 4) is 11.5 Å². The number of Topliss-reactive ketones (excluding diaryl/α,β-unsaturated/α-hetero) is 1. The predicted molar refractivity (Wildman–Crippen MR) is 103 cm³/mol. The first-order valence-electron chi connectivity index (χ1n) is 8.79. The number of ether oxygens (including phenoxy) is 2. The van der Waals surface area contributed by atoms with E-state index in [1.807, 2.05) is 0 Å². The van der Waals surface area contributed by atoms with Gasteiger partial charge in [-0.3, -0.25) is 14.5 Å². The van der Waals surface area contributed by atoms with Crippen molar-refractivity contribution in [3.63, 3.8) is 0 Å². The fraction of sp³-hybridized carbons (Fsp3) is 0.150. The van der Waals surface area contributed by atoms with Crippen LogP contribution < -0.4 is 14.4 Å². The summed E-state index contributed by atoms with van der Waals surface area (Å²) in [5.74, 6) is -0.545. The molecule has 2 aliphatic heterocycles. The predicted octanol–water partition coefficient (Wildman–Crippen LogP) is 3.13. The van der Waals surface area contributed by atoms with Crippen molar-refractivity contribution in [2.75, 3.05) is 18.1 Å². The Morgan fingerprint density at radius 1 is 1.17 bits per heavy atom. The van der Waals surface area contributed by atoms with E-state index in [0.717, 1.165) is 0 Å². The summed E-state index contributed by atoms with van der Waals surface area (Å²) in [5.41, 5.74) is 0.264. The summed E-state index contributed by atoms with van der Waals surface area (Å²) in [6, 6.07) is 7.22. The summed E-state index contributed by atoms with van der Waals surface area (Å²) in [6.45, 7) is 0.827. The van der Waals surface area contributed by atoms with Gasteiger partial charge in [0.1, 0.15) is 30.8 Å². The molecule has 1 amide bonds. The highest BCUT2D eigenvalue weighted by Gasteiger charge is 2.49. The van der Waals surface area contributed by atoms with Crippen molar-refractivity contribution in [2.24, 2.45) is 0 Å². The standard InChI is InChI=1S/C20H14N2O6S/c23-17(11-3-4-12-14(10-11)28-8-7-27-12)15-16(13-2-1-6-26-13)22(19(25)18(15)24)20-21-5-9-29-20/h1-6,9-10,16,23H,7-8H2/b17-15+. The summed E-state index contributed by atoms with van der Waals surface area (Å²) < 4.78 is 16.5. The number of rotatable bonds is 3. The molecule has 146 valence electrons. The van der Waals surface area contributed by atoms with Gasteiger partial charge in [-0.25, -0.2) is 4.98 Å². The smallest absolute Gasteiger partial charge is 0.302 e. The summed E-state index contributed by atoms with van der Waals surface area (Å²) in [7, 11) is 0. The van der Waals surface area contributed by atoms with Crippen LogP contribution in [0.1, 0.15) is 17.4 Å². The minimum absolute atomic E-state index is 0.0724. The Bertz CT molecular complexity index is 1120. The Balaban J connectivity index is 1.67. The largest absolute Gasteiger partial charge is 0.507 e. The number of thiazole rings is 1. The van der Waals surface area contributed by atoms with Gasteiger partial charge in [0, 0.05) is 17.1 Å². The number of fused-ring (bicyclic) bond motifs is 1. The topological polar surface area (TPSA) is 102 Å². The van der Waals surface area contributed by atoms with Crippen molar-refractivity contribution < 1.29 is 28.6 Å². The van der Waals surface area contributed by atoms with Gasteiger partial charge in [0.25, 0.3) is 5.78 Å². The van der Waals surface area contributed by atoms with Gasteiger partial charge < -0.3 is 19.0 Å². The Labute approximate surface area is 168 Å². The molecule has 5 rings (SSSR count). The van der Waals surface area contributed by atoms with Crippen molar-refractivity contribution in [1.29, 1.82) is 0 Å². The van der Waals surface area contributed by atoms with Crippen LogP contribution in [0, 0.1) is 0 Å². The highest BCUT2D eigenvalue weighted by atomic mass is 32.1. The lowest BCUT2D eigenvalue weighted by Crippen LogP contribution is -2.29. The fourth-order valence-electron chi connectivity index (χ4n) is 3.43. The molecule has 29 heavy (non-hydrogen) atoms. The first-order chi connectivity index (χ1) is 14.1. The van der Waals surface area contributed by atoms with E-state index in [9.17, 15) is 14.7 Å². The summed E-state index contributed by atoms with van der Waals surface area (Å²) in [6.07, 6.45) is 2.99. The third-order valence-corrected chi connectivity index (χ3v) is 5.47. The highest BCUT2D eigenvalue weighted by Crippen LogP contribution is 2.43. The molecule has 4 heterocycles. The number of furan rings is 1. The van der Waals surface area contributed by atoms with Crippen LogP contribution in [0.4, 0.5) is 5.13 Å². The molecule has 1 fully saturated rings. The van der Waals surface area contributed by atoms with E-state index < -0.39 is 17.7 Å². The lowest BCUT2D eigenvalue weighted by Gasteiger charge is -2.21. The van der Waals surface area contributed by atoms with Gasteiger partial charge in [-0.15, -0.1) is 11.3 Å². The minimum atomic E-state index is -0.927. The van der Waals surface area contributed by atoms with Gasteiger partial charge in [0.2, 0.25) is 0 Å². The molecule has 1 aromatic carbocycles. The molecular weight excluding hydrogens is 396 g/mol. The average Bonchev–Trinajstić information content (AvgIpc) is 3.49. The van der Waals surface area contributed by atoms with Crippen molar-refractivity contribution in [1.82, 2.24) is 4.98 Å². The molecule has 0 radical (unpaired) electrons. The second kappa shape index (κ2) is 6.78. The maximum atomic E-state index is 12.9. The molecule has 2 aliphatic rings. The molecule has 2 aromatic heterocycles. The van der Waals surface area contributed by atoms with Crippen LogP contribution in [-0.2, 0) is 9.59 Å². The first-order valence-corrected chi connectivity index (χ1v) is 9.67. The fourth-order valence-corrected chi connectivity index (χ4v) is 4.09. The van der Waals surface area contributed by atoms with Crippen LogP contribution in [0.15, 0.2) is 58.2 Å². The SMILES string of the molecule is O=C1C(=O)N(c2nccs2)C(c2ccco2)/C1=C(\O)c1ccc2c(c1)OCCO2. The normalized spacial score (nSPS) is 20.3. The Kier molecular flexibility index (Phi) is 4.09. The lowest BCUT2D eigenvalue weighted by atomic mass is 9.99. The number of aromatic nitrogens is 1. The van der Waals surface area contributed by atoms with Gasteiger partial charge in [0.15, 0.2) is 16.6 Å². The Hall–Kier alpha value is -3.59. The van der Waals surface area contributed by atoms with Crippen LogP contribution in [0.25, 0.3) is 5.76 Å². The van der Waals surface area contributed by atoms with Gasteiger partial charge >= 0.3 is 5.91 Å². The number of aliphatic hydroxyl groups excluding tert-OH is 1. The van der Waals surface area contributed by atoms with Crippen molar-refractivity contribution in [3.05, 3.63) is 65.1 Å². The minimum Gasteiger partial charge on any atom is -0.507 e. The molecule has 0 saturated carbocycles. The molecule has 9 heteroatoms. The van der Waals surface area contributed by atoms with Crippen molar-refractivity contribution >= 4 is 33.9 Å². The molecule has 1 unspecified atom stereocenters. The summed E-state index contributed by atoms with van der Waals surface area (Å²) >= 11 is 1.21.